The summed E-state index contributed by atoms with van der Waals surface area (Å²) in [4.78, 5) is 0. The average Bonchev–Trinajstić information content (AvgIpc) is 3.02. The first kappa shape index (κ1) is 18.8. The van der Waals surface area contributed by atoms with Gasteiger partial charge in [-0.2, -0.15) is 0 Å². The van der Waals surface area contributed by atoms with Crippen LogP contribution in [0, 0.1) is 0 Å². The molecule has 5 heteroatoms. The lowest BCUT2D eigenvalue weighted by Gasteiger charge is -2.19. The molecular weight excluding hydrogens is 270 g/mol. The highest BCUT2D eigenvalue weighted by Gasteiger charge is 2.21. The third kappa shape index (κ3) is 10.2. The van der Waals surface area contributed by atoms with E-state index in [1.807, 2.05) is 0 Å². The summed E-state index contributed by atoms with van der Waals surface area (Å²) in [5, 5.41) is 3.44. The minimum atomic E-state index is 0.376. The molecule has 1 saturated heterocycles. The zero-order valence-corrected chi connectivity index (χ0v) is 13.8. The van der Waals surface area contributed by atoms with Gasteiger partial charge in [0.2, 0.25) is 0 Å². The average molecular weight is 303 g/mol. The van der Waals surface area contributed by atoms with Crippen molar-refractivity contribution < 1.29 is 18.9 Å². The SMILES string of the molecule is CCCCOCCOCCOCCNC(C)C1CCCO1. The summed E-state index contributed by atoms with van der Waals surface area (Å²) in [6.07, 6.45) is 5.03. The van der Waals surface area contributed by atoms with E-state index in [9.17, 15) is 0 Å². The number of rotatable bonds is 14. The molecule has 2 unspecified atom stereocenters. The molecule has 0 spiro atoms. The van der Waals surface area contributed by atoms with Crippen molar-refractivity contribution in [3.63, 3.8) is 0 Å². The molecule has 1 heterocycles. The van der Waals surface area contributed by atoms with Crippen LogP contribution in [0.2, 0.25) is 0 Å². The Morgan fingerprint density at radius 1 is 1.05 bits per heavy atom. The van der Waals surface area contributed by atoms with Gasteiger partial charge in [0.05, 0.1) is 39.1 Å². The summed E-state index contributed by atoms with van der Waals surface area (Å²) >= 11 is 0. The molecule has 1 rings (SSSR count). The van der Waals surface area contributed by atoms with E-state index in [4.69, 9.17) is 18.9 Å². The highest BCUT2D eigenvalue weighted by atomic mass is 16.5. The Labute approximate surface area is 129 Å². The molecule has 0 aromatic heterocycles. The molecule has 0 saturated carbocycles. The lowest BCUT2D eigenvalue weighted by molar-refractivity contribution is 0.0134. The molecule has 0 bridgehead atoms. The van der Waals surface area contributed by atoms with Crippen LogP contribution in [0.1, 0.15) is 39.5 Å². The molecular formula is C16H33NO4. The quantitative estimate of drug-likeness (QED) is 0.497. The minimum Gasteiger partial charge on any atom is -0.379 e. The lowest BCUT2D eigenvalue weighted by atomic mass is 10.1. The molecule has 1 aliphatic rings. The Morgan fingerprint density at radius 2 is 1.71 bits per heavy atom. The van der Waals surface area contributed by atoms with Gasteiger partial charge in [-0.15, -0.1) is 0 Å². The van der Waals surface area contributed by atoms with E-state index in [-0.39, 0.29) is 0 Å². The second-order valence-corrected chi connectivity index (χ2v) is 5.48. The third-order valence-electron chi connectivity index (χ3n) is 3.62. The Morgan fingerprint density at radius 3 is 2.33 bits per heavy atom. The molecule has 2 atom stereocenters. The Bertz CT molecular complexity index is 222. The Hall–Kier alpha value is -0.200. The first-order valence-corrected chi connectivity index (χ1v) is 8.42. The summed E-state index contributed by atoms with van der Waals surface area (Å²) in [5.41, 5.74) is 0. The van der Waals surface area contributed by atoms with Gasteiger partial charge in [0.15, 0.2) is 0 Å². The van der Waals surface area contributed by atoms with Crippen LogP contribution in [-0.2, 0) is 18.9 Å². The molecule has 1 N–H and O–H groups in total. The van der Waals surface area contributed by atoms with Crippen LogP contribution in [0.3, 0.4) is 0 Å². The van der Waals surface area contributed by atoms with E-state index in [1.54, 1.807) is 0 Å². The van der Waals surface area contributed by atoms with E-state index in [0.717, 1.165) is 26.2 Å². The van der Waals surface area contributed by atoms with Crippen LogP contribution in [0.15, 0.2) is 0 Å². The maximum atomic E-state index is 5.64. The number of nitrogens with one attached hydrogen (secondary N) is 1. The first-order valence-electron chi connectivity index (χ1n) is 8.42. The zero-order valence-electron chi connectivity index (χ0n) is 13.8. The van der Waals surface area contributed by atoms with Gasteiger partial charge in [0, 0.05) is 25.8 Å². The molecule has 21 heavy (non-hydrogen) atoms. The van der Waals surface area contributed by atoms with Crippen LogP contribution in [0.5, 0.6) is 0 Å². The van der Waals surface area contributed by atoms with E-state index in [1.165, 1.54) is 19.3 Å². The fourth-order valence-corrected chi connectivity index (χ4v) is 2.28. The number of hydrogen-bond donors (Lipinski definition) is 1. The molecule has 0 aliphatic carbocycles. The van der Waals surface area contributed by atoms with Crippen molar-refractivity contribution in [3.8, 4) is 0 Å². The summed E-state index contributed by atoms with van der Waals surface area (Å²) in [5.74, 6) is 0. The van der Waals surface area contributed by atoms with Crippen LogP contribution in [0.25, 0.3) is 0 Å². The number of unbranched alkanes of at least 4 members (excludes halogenated alkanes) is 1. The van der Waals surface area contributed by atoms with Gasteiger partial charge >= 0.3 is 0 Å². The topological polar surface area (TPSA) is 49.0 Å². The normalized spacial score (nSPS) is 20.0. The maximum absolute atomic E-state index is 5.64. The Balaban J connectivity index is 1.74. The second kappa shape index (κ2) is 13.5. The van der Waals surface area contributed by atoms with Crippen molar-refractivity contribution in [2.24, 2.45) is 0 Å². The molecule has 0 aromatic rings. The van der Waals surface area contributed by atoms with Gasteiger partial charge in [-0.05, 0) is 26.2 Å². The van der Waals surface area contributed by atoms with Crippen molar-refractivity contribution >= 4 is 0 Å². The highest BCUT2D eigenvalue weighted by molar-refractivity contribution is 4.76. The van der Waals surface area contributed by atoms with Crippen LogP contribution < -0.4 is 5.32 Å². The predicted octanol–water partition coefficient (Wildman–Crippen LogP) is 1.99. The molecule has 1 fully saturated rings. The molecule has 0 radical (unpaired) electrons. The van der Waals surface area contributed by atoms with Crippen LogP contribution in [-0.4, -0.2) is 64.9 Å². The van der Waals surface area contributed by atoms with Crippen molar-refractivity contribution in [2.75, 3.05) is 52.8 Å². The van der Waals surface area contributed by atoms with E-state index in [2.05, 4.69) is 19.2 Å². The molecule has 5 nitrogen and oxygen atoms in total. The van der Waals surface area contributed by atoms with Gasteiger partial charge in [0.25, 0.3) is 0 Å². The minimum absolute atomic E-state index is 0.376. The summed E-state index contributed by atoms with van der Waals surface area (Å²) in [6, 6.07) is 0.410. The van der Waals surface area contributed by atoms with E-state index < -0.39 is 0 Å². The van der Waals surface area contributed by atoms with Gasteiger partial charge in [0.1, 0.15) is 0 Å². The van der Waals surface area contributed by atoms with Crippen LogP contribution in [0.4, 0.5) is 0 Å². The van der Waals surface area contributed by atoms with Crippen molar-refractivity contribution in [2.45, 2.75) is 51.7 Å². The van der Waals surface area contributed by atoms with Crippen molar-refractivity contribution in [3.05, 3.63) is 0 Å². The fourth-order valence-electron chi connectivity index (χ4n) is 2.28. The smallest absolute Gasteiger partial charge is 0.0726 e. The summed E-state index contributed by atoms with van der Waals surface area (Å²) in [7, 11) is 0. The lowest BCUT2D eigenvalue weighted by Crippen LogP contribution is -2.38. The number of ether oxygens (including phenoxy) is 4. The first-order chi connectivity index (χ1) is 10.3. The molecule has 0 aromatic carbocycles. The van der Waals surface area contributed by atoms with Gasteiger partial charge < -0.3 is 24.3 Å². The predicted molar refractivity (Wildman–Crippen MR) is 83.8 cm³/mol. The maximum Gasteiger partial charge on any atom is 0.0726 e. The summed E-state index contributed by atoms with van der Waals surface area (Å²) < 4.78 is 22.0. The molecule has 126 valence electrons. The van der Waals surface area contributed by atoms with Crippen molar-refractivity contribution in [1.29, 1.82) is 0 Å². The standard InChI is InChI=1S/C16H33NO4/c1-3-4-8-18-11-13-20-14-12-19-10-7-17-15(2)16-6-5-9-21-16/h15-17H,3-14H2,1-2H3. The fraction of sp³-hybridized carbons (Fsp3) is 1.00. The monoisotopic (exact) mass is 303 g/mol. The molecule has 0 amide bonds. The van der Waals surface area contributed by atoms with E-state index >= 15 is 0 Å². The third-order valence-corrected chi connectivity index (χ3v) is 3.62. The van der Waals surface area contributed by atoms with E-state index in [0.29, 0.717) is 45.2 Å². The number of hydrogen-bond acceptors (Lipinski definition) is 5. The zero-order chi connectivity index (χ0) is 15.2. The molecule has 1 aliphatic heterocycles. The largest absolute Gasteiger partial charge is 0.379 e. The summed E-state index contributed by atoms with van der Waals surface area (Å²) in [6.45, 7) is 10.3. The van der Waals surface area contributed by atoms with Crippen molar-refractivity contribution in [1.82, 2.24) is 5.32 Å². The van der Waals surface area contributed by atoms with Gasteiger partial charge in [-0.1, -0.05) is 13.3 Å². The van der Waals surface area contributed by atoms with Gasteiger partial charge in [-0.3, -0.25) is 0 Å². The van der Waals surface area contributed by atoms with Crippen LogP contribution >= 0.6 is 0 Å². The Kier molecular flexibility index (Phi) is 12.1. The second-order valence-electron chi connectivity index (χ2n) is 5.48. The highest BCUT2D eigenvalue weighted by Crippen LogP contribution is 2.14. The van der Waals surface area contributed by atoms with Gasteiger partial charge in [-0.25, -0.2) is 0 Å².